The first kappa shape index (κ1) is 12.9. The number of ether oxygens (including phenoxy) is 1. The molecule has 0 bridgehead atoms. The number of hydrogen-bond acceptors (Lipinski definition) is 3. The highest BCUT2D eigenvalue weighted by Gasteiger charge is 2.19. The van der Waals surface area contributed by atoms with E-state index in [-0.39, 0.29) is 5.60 Å². The van der Waals surface area contributed by atoms with Gasteiger partial charge in [-0.2, -0.15) is 0 Å². The van der Waals surface area contributed by atoms with Crippen molar-refractivity contribution < 1.29 is 4.74 Å². The molecule has 0 aliphatic carbocycles. The standard InChI is InChI=1S/C12H26N2O/c1-12(2,15-4)7-8-13-11-5-9-14(3)10-6-11/h11,13H,5-10H2,1-4H3. The maximum Gasteiger partial charge on any atom is 0.0634 e. The molecular formula is C12H26N2O. The van der Waals surface area contributed by atoms with Crippen molar-refractivity contribution in [2.45, 2.75) is 44.8 Å². The average molecular weight is 214 g/mol. The van der Waals surface area contributed by atoms with Crippen LogP contribution in [0.15, 0.2) is 0 Å². The minimum atomic E-state index is 0.0124. The quantitative estimate of drug-likeness (QED) is 0.750. The molecule has 90 valence electrons. The molecule has 1 aliphatic rings. The van der Waals surface area contributed by atoms with Crippen molar-refractivity contribution in [3.8, 4) is 0 Å². The van der Waals surface area contributed by atoms with Crippen LogP contribution in [0.5, 0.6) is 0 Å². The Labute approximate surface area is 94.2 Å². The third-order valence-electron chi connectivity index (χ3n) is 3.43. The molecule has 3 heteroatoms. The predicted octanol–water partition coefficient (Wildman–Crippen LogP) is 1.49. The molecule has 1 saturated heterocycles. The monoisotopic (exact) mass is 214 g/mol. The smallest absolute Gasteiger partial charge is 0.0634 e. The van der Waals surface area contributed by atoms with E-state index in [1.807, 2.05) is 0 Å². The highest BCUT2D eigenvalue weighted by Crippen LogP contribution is 2.13. The van der Waals surface area contributed by atoms with Crippen LogP contribution in [0.4, 0.5) is 0 Å². The van der Waals surface area contributed by atoms with E-state index in [0.29, 0.717) is 6.04 Å². The van der Waals surface area contributed by atoms with E-state index in [1.165, 1.54) is 25.9 Å². The van der Waals surface area contributed by atoms with Crippen molar-refractivity contribution in [3.05, 3.63) is 0 Å². The molecule has 15 heavy (non-hydrogen) atoms. The molecule has 0 aromatic heterocycles. The van der Waals surface area contributed by atoms with Gasteiger partial charge >= 0.3 is 0 Å². The molecule has 0 saturated carbocycles. The summed E-state index contributed by atoms with van der Waals surface area (Å²) in [4.78, 5) is 2.40. The summed E-state index contributed by atoms with van der Waals surface area (Å²) in [5.41, 5.74) is 0.0124. The number of rotatable bonds is 5. The molecule has 0 atom stereocenters. The van der Waals surface area contributed by atoms with E-state index in [0.717, 1.165) is 13.0 Å². The molecule has 3 nitrogen and oxygen atoms in total. The minimum absolute atomic E-state index is 0.0124. The zero-order chi connectivity index (χ0) is 11.3. The van der Waals surface area contributed by atoms with Gasteiger partial charge in [-0.15, -0.1) is 0 Å². The minimum Gasteiger partial charge on any atom is -0.379 e. The fourth-order valence-electron chi connectivity index (χ4n) is 1.89. The number of likely N-dealkylation sites (tertiary alicyclic amines) is 1. The van der Waals surface area contributed by atoms with Crippen molar-refractivity contribution in [2.75, 3.05) is 33.8 Å². The van der Waals surface area contributed by atoms with Gasteiger partial charge in [0.1, 0.15) is 0 Å². The summed E-state index contributed by atoms with van der Waals surface area (Å²) in [6, 6.07) is 0.717. The lowest BCUT2D eigenvalue weighted by molar-refractivity contribution is 0.0149. The van der Waals surface area contributed by atoms with E-state index in [4.69, 9.17) is 4.74 Å². The Bertz CT molecular complexity index is 174. The Kier molecular flexibility index (Phi) is 5.03. The number of nitrogens with one attached hydrogen (secondary N) is 1. The van der Waals surface area contributed by atoms with E-state index in [1.54, 1.807) is 7.11 Å². The molecule has 0 amide bonds. The third kappa shape index (κ3) is 4.96. The number of methoxy groups -OCH3 is 1. The summed E-state index contributed by atoms with van der Waals surface area (Å²) in [6.07, 6.45) is 3.64. The zero-order valence-electron chi connectivity index (χ0n) is 10.7. The van der Waals surface area contributed by atoms with Crippen LogP contribution in [-0.4, -0.2) is 50.3 Å². The first-order chi connectivity index (χ1) is 7.03. The molecule has 1 N–H and O–H groups in total. The van der Waals surface area contributed by atoms with Gasteiger partial charge in [0.25, 0.3) is 0 Å². The molecule has 0 aromatic carbocycles. The largest absolute Gasteiger partial charge is 0.379 e. The van der Waals surface area contributed by atoms with Crippen molar-refractivity contribution in [3.63, 3.8) is 0 Å². The molecule has 1 rings (SSSR count). The van der Waals surface area contributed by atoms with Crippen LogP contribution in [0.25, 0.3) is 0 Å². The van der Waals surface area contributed by atoms with Crippen molar-refractivity contribution in [1.82, 2.24) is 10.2 Å². The first-order valence-electron chi connectivity index (χ1n) is 6.00. The van der Waals surface area contributed by atoms with Gasteiger partial charge in [0.15, 0.2) is 0 Å². The van der Waals surface area contributed by atoms with E-state index >= 15 is 0 Å². The van der Waals surface area contributed by atoms with Gasteiger partial charge in [0.05, 0.1) is 5.60 Å². The van der Waals surface area contributed by atoms with Crippen LogP contribution >= 0.6 is 0 Å². The molecule has 1 aliphatic heterocycles. The van der Waals surface area contributed by atoms with Gasteiger partial charge in [0.2, 0.25) is 0 Å². The molecule has 0 aromatic rings. The molecule has 0 spiro atoms. The molecular weight excluding hydrogens is 188 g/mol. The van der Waals surface area contributed by atoms with Gasteiger partial charge in [-0.25, -0.2) is 0 Å². The number of nitrogens with zero attached hydrogens (tertiary/aromatic N) is 1. The average Bonchev–Trinajstić information content (AvgIpc) is 2.21. The van der Waals surface area contributed by atoms with Crippen LogP contribution in [0.2, 0.25) is 0 Å². The summed E-state index contributed by atoms with van der Waals surface area (Å²) in [7, 11) is 3.99. The molecule has 0 radical (unpaired) electrons. The van der Waals surface area contributed by atoms with Crippen molar-refractivity contribution >= 4 is 0 Å². The van der Waals surface area contributed by atoms with Gasteiger partial charge in [-0.3, -0.25) is 0 Å². The second-order valence-corrected chi connectivity index (χ2v) is 5.25. The maximum absolute atomic E-state index is 5.40. The molecule has 1 fully saturated rings. The molecule has 1 heterocycles. The summed E-state index contributed by atoms with van der Waals surface area (Å²) in [5.74, 6) is 0. The molecule has 0 unspecified atom stereocenters. The first-order valence-corrected chi connectivity index (χ1v) is 6.00. The lowest BCUT2D eigenvalue weighted by atomic mass is 10.0. The summed E-state index contributed by atoms with van der Waals surface area (Å²) < 4.78 is 5.40. The fraction of sp³-hybridized carbons (Fsp3) is 1.00. The Morgan fingerprint density at radius 1 is 1.33 bits per heavy atom. The van der Waals surface area contributed by atoms with Crippen molar-refractivity contribution in [2.24, 2.45) is 0 Å². The summed E-state index contributed by atoms with van der Waals surface area (Å²) in [6.45, 7) is 7.80. The lowest BCUT2D eigenvalue weighted by Crippen LogP contribution is -2.42. The van der Waals surface area contributed by atoms with E-state index in [2.05, 4.69) is 31.1 Å². The lowest BCUT2D eigenvalue weighted by Gasteiger charge is -2.31. The number of hydrogen-bond donors (Lipinski definition) is 1. The fourth-order valence-corrected chi connectivity index (χ4v) is 1.89. The predicted molar refractivity (Wildman–Crippen MR) is 64.2 cm³/mol. The van der Waals surface area contributed by atoms with E-state index in [9.17, 15) is 0 Å². The van der Waals surface area contributed by atoms with Crippen LogP contribution in [0.3, 0.4) is 0 Å². The SMILES string of the molecule is COC(C)(C)CCNC1CCN(C)CC1. The van der Waals surface area contributed by atoms with Gasteiger partial charge < -0.3 is 15.0 Å². The Balaban J connectivity index is 2.10. The van der Waals surface area contributed by atoms with Crippen LogP contribution in [0, 0.1) is 0 Å². The second-order valence-electron chi connectivity index (χ2n) is 5.25. The topological polar surface area (TPSA) is 24.5 Å². The van der Waals surface area contributed by atoms with Crippen molar-refractivity contribution in [1.29, 1.82) is 0 Å². The summed E-state index contributed by atoms with van der Waals surface area (Å²) >= 11 is 0. The Morgan fingerprint density at radius 3 is 2.47 bits per heavy atom. The highest BCUT2D eigenvalue weighted by atomic mass is 16.5. The zero-order valence-corrected chi connectivity index (χ0v) is 10.7. The van der Waals surface area contributed by atoms with Crippen LogP contribution in [0.1, 0.15) is 33.1 Å². The van der Waals surface area contributed by atoms with E-state index < -0.39 is 0 Å². The van der Waals surface area contributed by atoms with Gasteiger partial charge in [-0.1, -0.05) is 0 Å². The number of piperidine rings is 1. The van der Waals surface area contributed by atoms with Crippen LogP contribution < -0.4 is 5.32 Å². The second kappa shape index (κ2) is 5.83. The third-order valence-corrected chi connectivity index (χ3v) is 3.43. The summed E-state index contributed by atoms with van der Waals surface area (Å²) in [5, 5.41) is 3.63. The Hall–Kier alpha value is -0.120. The van der Waals surface area contributed by atoms with Gasteiger partial charge in [0, 0.05) is 13.2 Å². The normalized spacial score (nSPS) is 20.8. The Morgan fingerprint density at radius 2 is 1.93 bits per heavy atom. The van der Waals surface area contributed by atoms with Crippen LogP contribution in [-0.2, 0) is 4.74 Å². The maximum atomic E-state index is 5.40. The van der Waals surface area contributed by atoms with Gasteiger partial charge in [-0.05, 0) is 59.8 Å². The highest BCUT2D eigenvalue weighted by molar-refractivity contribution is 4.77.